The van der Waals surface area contributed by atoms with Gasteiger partial charge in [0.25, 0.3) is 0 Å². The highest BCUT2D eigenvalue weighted by atomic mass is 16.2. The molecule has 1 aromatic carbocycles. The molecule has 0 fully saturated rings. The number of amides is 12. The van der Waals surface area contributed by atoms with Gasteiger partial charge in [0.1, 0.15) is 66.5 Å². The number of nitrogens with two attached hydrogens (primary N) is 12. The topological polar surface area (TPSA) is 686 Å². The van der Waals surface area contributed by atoms with Crippen LogP contribution in [0.15, 0.2) is 45.3 Å². The van der Waals surface area contributed by atoms with E-state index in [4.69, 9.17) is 68.8 Å². The third-order valence-corrected chi connectivity index (χ3v) is 18.1. The molecule has 1 rings (SSSR count). The first-order valence-electron chi connectivity index (χ1n) is 39.9. The molecule has 0 saturated heterocycles. The second-order valence-electron chi connectivity index (χ2n) is 30.4. The first-order chi connectivity index (χ1) is 53.5. The summed E-state index contributed by atoms with van der Waals surface area (Å²) >= 11 is 0. The van der Waals surface area contributed by atoms with Gasteiger partial charge in [0.2, 0.25) is 70.9 Å². The predicted octanol–water partition coefficient (Wildman–Crippen LogP) is -3.76. The van der Waals surface area contributed by atoms with Crippen LogP contribution < -0.4 is 127 Å². The molecule has 0 aliphatic carbocycles. The molecule has 113 heavy (non-hydrogen) atoms. The van der Waals surface area contributed by atoms with Crippen LogP contribution in [-0.4, -0.2) is 207 Å². The van der Waals surface area contributed by atoms with Gasteiger partial charge in [-0.05, 0) is 197 Å². The molecule has 0 unspecified atom stereocenters. The van der Waals surface area contributed by atoms with E-state index in [0.29, 0.717) is 76.4 Å². The molecule has 0 aliphatic heterocycles. The van der Waals surface area contributed by atoms with Gasteiger partial charge >= 0.3 is 0 Å². The van der Waals surface area contributed by atoms with Gasteiger partial charge in [0.05, 0.1) is 6.04 Å². The number of nitrogens with zero attached hydrogens (tertiary/aromatic N) is 3. The van der Waals surface area contributed by atoms with E-state index in [9.17, 15) is 43.2 Å². The number of primary amides is 1. The van der Waals surface area contributed by atoms with Gasteiger partial charge in [-0.15, -0.1) is 0 Å². The largest absolute Gasteiger partial charge is 0.370 e. The van der Waals surface area contributed by atoms with E-state index in [0.717, 1.165) is 0 Å². The van der Waals surface area contributed by atoms with Crippen molar-refractivity contribution in [3.05, 3.63) is 35.9 Å². The van der Waals surface area contributed by atoms with Crippen LogP contribution in [0.25, 0.3) is 0 Å². The van der Waals surface area contributed by atoms with Crippen molar-refractivity contribution < 1.29 is 57.5 Å². The molecular weight excluding hydrogens is 1460 g/mol. The summed E-state index contributed by atoms with van der Waals surface area (Å²) in [5, 5.41) is 30.4. The lowest BCUT2D eigenvalue weighted by Crippen LogP contribution is -2.61. The van der Waals surface area contributed by atoms with Gasteiger partial charge in [-0.25, -0.2) is 0 Å². The molecule has 0 saturated carbocycles. The van der Waals surface area contributed by atoms with Crippen molar-refractivity contribution in [3.8, 4) is 0 Å². The Morgan fingerprint density at radius 2 is 0.504 bits per heavy atom. The van der Waals surface area contributed by atoms with Crippen molar-refractivity contribution in [2.75, 3.05) is 45.8 Å². The zero-order valence-corrected chi connectivity index (χ0v) is 68.0. The lowest BCUT2D eigenvalue weighted by atomic mass is 9.99. The molecule has 12 atom stereocenters. The number of unbranched alkanes of at least 4 members (excludes halogenated alkanes) is 4. The number of benzene rings is 1. The monoisotopic (exact) mass is 1600 g/mol. The van der Waals surface area contributed by atoms with E-state index in [1.807, 2.05) is 55.4 Å². The fraction of sp³-hybridized carbons (Fsp3) is 0.720. The smallest absolute Gasteiger partial charge is 0.243 e. The minimum absolute atomic E-state index is 0.00796. The van der Waals surface area contributed by atoms with Crippen LogP contribution in [0, 0.1) is 23.7 Å². The summed E-state index contributed by atoms with van der Waals surface area (Å²) in [5.41, 5.74) is 69.9. The lowest BCUT2D eigenvalue weighted by Gasteiger charge is -2.29. The number of aliphatic imine (C=N–C) groups is 3. The van der Waals surface area contributed by atoms with E-state index in [1.165, 1.54) is 0 Å². The molecule has 0 aliphatic rings. The molecular formula is C75H140N26O12. The third-order valence-electron chi connectivity index (χ3n) is 18.1. The first kappa shape index (κ1) is 101. The minimum Gasteiger partial charge on any atom is -0.370 e. The number of carbonyl (C=O) groups is 12. The maximum absolute atomic E-state index is 15.1. The van der Waals surface area contributed by atoms with E-state index in [2.05, 4.69) is 73.5 Å². The standard InChI is InChI=1S/C75H140N26O12/c1-44(2)39-49(80)62(103)91-50(25-12-16-32-76)67(108)99-58(41-46(5)6)70(111)95-51(26-13-17-33-77)63(104)92-54(29-20-36-88-73(82)83)64(105)93-55(30-21-37-89-74(84)85)65(106)94-56(31-22-38-90-75(86)87)69(110)101-60(43-48-23-10-9-11-24-48)72(113)97-53(28-15-19-35-79)68(109)100-59(42-47(7)8)71(112)96-52(27-14-18-34-78)66(107)98-57(61(81)102)40-45(3)4/h9-11,23-24,44-47,49-60H,12-22,25-43,76-80H2,1-8H3,(H2,81,102)(H,91,103)(H,92,104)(H,93,105)(H,94,106)(H,95,111)(H,96,112)(H,97,113)(H,98,107)(H,99,108)(H,100,109)(H,101,110)(H4,82,83,88)(H4,84,85,89)(H4,86,87,90)/t49-,50-,51-,52-,53-,54-,55-,56-,57-,58-,59-,60-/m0/s1. The van der Waals surface area contributed by atoms with Crippen molar-refractivity contribution >= 4 is 88.8 Å². The van der Waals surface area contributed by atoms with Gasteiger partial charge in [-0.2, -0.15) is 0 Å². The maximum atomic E-state index is 15.1. The normalized spacial score (nSPS) is 14.5. The Balaban J connectivity index is 4.04. The van der Waals surface area contributed by atoms with Crippen LogP contribution in [0.3, 0.4) is 0 Å². The first-order valence-corrected chi connectivity index (χ1v) is 39.9. The molecule has 1 aromatic rings. The van der Waals surface area contributed by atoms with Crippen molar-refractivity contribution in [3.63, 3.8) is 0 Å². The van der Waals surface area contributed by atoms with Crippen LogP contribution in [0.5, 0.6) is 0 Å². The third kappa shape index (κ3) is 45.1. The molecule has 0 aromatic heterocycles. The number of hydrogen-bond donors (Lipinski definition) is 23. The molecule has 38 nitrogen and oxygen atoms in total. The van der Waals surface area contributed by atoms with Crippen molar-refractivity contribution in [2.24, 2.45) is 107 Å². The highest BCUT2D eigenvalue weighted by molar-refractivity contribution is 5.99. The van der Waals surface area contributed by atoms with E-state index < -0.39 is 143 Å². The SMILES string of the molecule is CC(C)C[C@H](NC(=O)[C@H](CCCCN)NC(=O)[C@H](CC(C)C)NC(=O)[C@H](CCCCN)NC(=O)[C@H](Cc1ccccc1)NC(=O)[C@H](CCCN=C(N)N)NC(=O)[C@H](CCCN=C(N)N)NC(=O)[C@H](CCCN=C(N)N)NC(=O)[C@H](CCCCN)NC(=O)[C@H](CC(C)C)NC(=O)[C@H](CCCCN)NC(=O)[C@@H](N)CC(C)C)C(N)=O. The van der Waals surface area contributed by atoms with Crippen molar-refractivity contribution in [2.45, 2.75) is 276 Å². The van der Waals surface area contributed by atoms with Crippen LogP contribution in [0.2, 0.25) is 0 Å². The number of hydrogen-bond acceptors (Lipinski definition) is 20. The fourth-order valence-corrected chi connectivity index (χ4v) is 12.2. The molecule has 0 spiro atoms. The molecule has 35 N–H and O–H groups in total. The number of guanidine groups is 3. The molecule has 38 heteroatoms. The van der Waals surface area contributed by atoms with E-state index in [-0.39, 0.29) is 164 Å². The lowest BCUT2D eigenvalue weighted by molar-refractivity contribution is -0.136. The predicted molar refractivity (Wildman–Crippen MR) is 438 cm³/mol. The van der Waals surface area contributed by atoms with Crippen LogP contribution in [-0.2, 0) is 64.0 Å². The molecule has 0 bridgehead atoms. The zero-order valence-electron chi connectivity index (χ0n) is 68.0. The van der Waals surface area contributed by atoms with Gasteiger partial charge in [0.15, 0.2) is 17.9 Å². The fourth-order valence-electron chi connectivity index (χ4n) is 12.2. The van der Waals surface area contributed by atoms with Crippen LogP contribution in [0.1, 0.15) is 202 Å². The zero-order chi connectivity index (χ0) is 85.1. The Bertz CT molecular complexity index is 3150. The van der Waals surface area contributed by atoms with Crippen molar-refractivity contribution in [1.82, 2.24) is 58.5 Å². The summed E-state index contributed by atoms with van der Waals surface area (Å²) in [4.78, 5) is 185. The van der Waals surface area contributed by atoms with Crippen molar-refractivity contribution in [1.29, 1.82) is 0 Å². The Morgan fingerprint density at radius 3 is 0.761 bits per heavy atom. The number of nitrogens with one attached hydrogen (secondary N) is 11. The van der Waals surface area contributed by atoms with Gasteiger partial charge in [-0.1, -0.05) is 85.7 Å². The number of carbonyl (C=O) groups excluding carboxylic acids is 12. The average molecular weight is 1600 g/mol. The van der Waals surface area contributed by atoms with E-state index in [1.54, 1.807) is 30.3 Å². The van der Waals surface area contributed by atoms with Gasteiger partial charge in [-0.3, -0.25) is 72.5 Å². The van der Waals surface area contributed by atoms with Crippen LogP contribution in [0.4, 0.5) is 0 Å². The summed E-state index contributed by atoms with van der Waals surface area (Å²) in [5.74, 6) is -10.4. The Hall–Kier alpha value is -9.53. The highest BCUT2D eigenvalue weighted by Gasteiger charge is 2.38. The van der Waals surface area contributed by atoms with E-state index >= 15 is 14.4 Å². The Labute approximate surface area is 666 Å². The summed E-state index contributed by atoms with van der Waals surface area (Å²) in [7, 11) is 0. The molecule has 642 valence electrons. The summed E-state index contributed by atoms with van der Waals surface area (Å²) in [6.07, 6.45) is 4.06. The molecule has 0 heterocycles. The Morgan fingerprint density at radius 1 is 0.283 bits per heavy atom. The Kier molecular flexibility index (Phi) is 51.6. The minimum atomic E-state index is -1.52. The average Bonchev–Trinajstić information content (AvgIpc) is 0.849. The second kappa shape index (κ2) is 57.5. The van der Waals surface area contributed by atoms with Gasteiger partial charge in [0, 0.05) is 26.1 Å². The quantitative estimate of drug-likeness (QED) is 0.0169. The molecule has 12 amide bonds. The summed E-state index contributed by atoms with van der Waals surface area (Å²) in [6, 6.07) is -6.76. The summed E-state index contributed by atoms with van der Waals surface area (Å²) < 4.78 is 0. The van der Waals surface area contributed by atoms with Crippen LogP contribution >= 0.6 is 0 Å². The summed E-state index contributed by atoms with van der Waals surface area (Å²) in [6.45, 7) is 15.8. The highest BCUT2D eigenvalue weighted by Crippen LogP contribution is 2.17. The number of rotatable bonds is 61. The van der Waals surface area contributed by atoms with Gasteiger partial charge < -0.3 is 127 Å². The second-order valence-corrected chi connectivity index (χ2v) is 30.4. The molecule has 0 radical (unpaired) electrons. The maximum Gasteiger partial charge on any atom is 0.243 e.